The van der Waals surface area contributed by atoms with Gasteiger partial charge in [0.1, 0.15) is 6.61 Å². The number of nitrogens with one attached hydrogen (secondary N) is 1. The van der Waals surface area contributed by atoms with Gasteiger partial charge in [-0.15, -0.1) is 0 Å². The number of hydrogen-bond acceptors (Lipinski definition) is 2. The smallest absolute Gasteiger partial charge is 0.156 e. The molecule has 1 N–H and O–H groups in total. The van der Waals surface area contributed by atoms with Crippen molar-refractivity contribution in [1.82, 2.24) is 5.32 Å². The number of rotatable bonds is 6. The molecule has 1 aliphatic carbocycles. The summed E-state index contributed by atoms with van der Waals surface area (Å²) in [4.78, 5) is 0. The normalized spacial score (nSPS) is 16.7. The Balaban J connectivity index is 1.79. The van der Waals surface area contributed by atoms with Crippen LogP contribution in [0.1, 0.15) is 19.8 Å². The minimum Gasteiger partial charge on any atom is -0.489 e. The van der Waals surface area contributed by atoms with Gasteiger partial charge in [0.2, 0.25) is 0 Å². The van der Waals surface area contributed by atoms with Crippen LogP contribution in [-0.4, -0.2) is 19.2 Å². The number of hydrogen-bond donors (Lipinski definition) is 1. The molecule has 0 bridgehead atoms. The van der Waals surface area contributed by atoms with Gasteiger partial charge in [0.05, 0.1) is 10.0 Å². The summed E-state index contributed by atoms with van der Waals surface area (Å²) in [5, 5.41) is 4.83. The highest BCUT2D eigenvalue weighted by atomic mass is 35.5. The van der Waals surface area contributed by atoms with Gasteiger partial charge >= 0.3 is 0 Å². The summed E-state index contributed by atoms with van der Waals surface area (Å²) in [6.45, 7) is 3.53. The molecule has 0 amide bonds. The zero-order chi connectivity index (χ0) is 13.1. The standard InChI is InChI=1S/C13H16Cl3NO/c1-8(9-2-3-9)17-4-5-18-13-11(15)6-10(14)7-12(13)16/h6-9,17H,2-5H2,1H3. The molecular formula is C13H16Cl3NO. The van der Waals surface area contributed by atoms with Gasteiger partial charge in [-0.1, -0.05) is 34.8 Å². The van der Waals surface area contributed by atoms with E-state index < -0.39 is 0 Å². The molecule has 2 rings (SSSR count). The van der Waals surface area contributed by atoms with E-state index in [1.807, 2.05) is 0 Å². The first-order valence-corrected chi connectivity index (χ1v) is 7.22. The second-order valence-corrected chi connectivity index (χ2v) is 5.88. The molecule has 18 heavy (non-hydrogen) atoms. The van der Waals surface area contributed by atoms with E-state index in [-0.39, 0.29) is 0 Å². The molecule has 0 aromatic heterocycles. The SMILES string of the molecule is CC(NCCOc1c(Cl)cc(Cl)cc1Cl)C1CC1. The van der Waals surface area contributed by atoms with Gasteiger partial charge in [-0.25, -0.2) is 0 Å². The van der Waals surface area contributed by atoms with Crippen LogP contribution in [0, 0.1) is 5.92 Å². The van der Waals surface area contributed by atoms with Crippen LogP contribution in [0.2, 0.25) is 15.1 Å². The van der Waals surface area contributed by atoms with Crippen LogP contribution in [0.5, 0.6) is 5.75 Å². The van der Waals surface area contributed by atoms with Gasteiger partial charge in [0.25, 0.3) is 0 Å². The summed E-state index contributed by atoms with van der Waals surface area (Å²) in [7, 11) is 0. The first-order chi connectivity index (χ1) is 8.58. The molecule has 5 heteroatoms. The lowest BCUT2D eigenvalue weighted by atomic mass is 10.2. The average Bonchev–Trinajstić information content (AvgIpc) is 3.10. The van der Waals surface area contributed by atoms with Gasteiger partial charge in [-0.05, 0) is 37.8 Å². The minimum absolute atomic E-state index is 0.447. The molecule has 1 aromatic rings. The van der Waals surface area contributed by atoms with E-state index in [0.29, 0.717) is 33.5 Å². The summed E-state index contributed by atoms with van der Waals surface area (Å²) < 4.78 is 5.59. The van der Waals surface area contributed by atoms with E-state index in [0.717, 1.165) is 12.5 Å². The molecule has 1 atom stereocenters. The van der Waals surface area contributed by atoms with Crippen molar-refractivity contribution in [3.63, 3.8) is 0 Å². The lowest BCUT2D eigenvalue weighted by molar-refractivity contribution is 0.303. The zero-order valence-electron chi connectivity index (χ0n) is 10.2. The maximum Gasteiger partial charge on any atom is 0.156 e. The second-order valence-electron chi connectivity index (χ2n) is 4.63. The third kappa shape index (κ3) is 3.92. The molecule has 0 radical (unpaired) electrons. The fourth-order valence-corrected chi connectivity index (χ4v) is 2.80. The quantitative estimate of drug-likeness (QED) is 0.786. The molecule has 100 valence electrons. The van der Waals surface area contributed by atoms with E-state index in [1.54, 1.807) is 12.1 Å². The fraction of sp³-hybridized carbons (Fsp3) is 0.538. The highest BCUT2D eigenvalue weighted by Gasteiger charge is 2.27. The number of ether oxygens (including phenoxy) is 1. The van der Waals surface area contributed by atoms with Gasteiger partial charge < -0.3 is 10.1 Å². The number of halogens is 3. The molecule has 1 unspecified atom stereocenters. The Hall–Kier alpha value is -0.150. The average molecular weight is 309 g/mol. The Labute approximate surface area is 123 Å². The Bertz CT molecular complexity index is 398. The van der Waals surface area contributed by atoms with Crippen molar-refractivity contribution in [2.75, 3.05) is 13.2 Å². The predicted octanol–water partition coefficient (Wildman–Crippen LogP) is 4.41. The first kappa shape index (κ1) is 14.3. The summed E-state index contributed by atoms with van der Waals surface area (Å²) in [5.41, 5.74) is 0. The molecule has 0 saturated heterocycles. The van der Waals surface area contributed by atoms with E-state index >= 15 is 0 Å². The van der Waals surface area contributed by atoms with Gasteiger partial charge in [0.15, 0.2) is 5.75 Å². The van der Waals surface area contributed by atoms with E-state index in [2.05, 4.69) is 12.2 Å². The second kappa shape index (κ2) is 6.33. The van der Waals surface area contributed by atoms with Crippen LogP contribution in [0.15, 0.2) is 12.1 Å². The van der Waals surface area contributed by atoms with E-state index in [9.17, 15) is 0 Å². The molecule has 1 fully saturated rings. The molecule has 0 heterocycles. The predicted molar refractivity (Wildman–Crippen MR) is 77.2 cm³/mol. The Morgan fingerprint density at radius 1 is 1.28 bits per heavy atom. The maximum absolute atomic E-state index is 6.02. The summed E-state index contributed by atoms with van der Waals surface area (Å²) in [5.74, 6) is 1.34. The largest absolute Gasteiger partial charge is 0.489 e. The van der Waals surface area contributed by atoms with Gasteiger partial charge in [0, 0.05) is 17.6 Å². The maximum atomic E-state index is 6.02. The third-order valence-corrected chi connectivity index (χ3v) is 3.89. The van der Waals surface area contributed by atoms with Crippen LogP contribution in [0.4, 0.5) is 0 Å². The minimum atomic E-state index is 0.447. The first-order valence-electron chi connectivity index (χ1n) is 6.08. The Kier molecular flexibility index (Phi) is 5.02. The summed E-state index contributed by atoms with van der Waals surface area (Å²) in [6, 6.07) is 3.82. The monoisotopic (exact) mass is 307 g/mol. The van der Waals surface area contributed by atoms with E-state index in [4.69, 9.17) is 39.5 Å². The molecule has 0 aliphatic heterocycles. The van der Waals surface area contributed by atoms with Crippen LogP contribution in [-0.2, 0) is 0 Å². The summed E-state index contributed by atoms with van der Waals surface area (Å²) in [6.07, 6.45) is 2.67. The molecule has 1 saturated carbocycles. The van der Waals surface area contributed by atoms with Crippen LogP contribution in [0.25, 0.3) is 0 Å². The van der Waals surface area contributed by atoms with Crippen molar-refractivity contribution in [1.29, 1.82) is 0 Å². The lowest BCUT2D eigenvalue weighted by Crippen LogP contribution is -2.31. The van der Waals surface area contributed by atoms with E-state index in [1.165, 1.54) is 12.8 Å². The van der Waals surface area contributed by atoms with Crippen LogP contribution in [0.3, 0.4) is 0 Å². The van der Waals surface area contributed by atoms with Crippen molar-refractivity contribution in [3.05, 3.63) is 27.2 Å². The Morgan fingerprint density at radius 3 is 2.44 bits per heavy atom. The van der Waals surface area contributed by atoms with Gasteiger partial charge in [-0.2, -0.15) is 0 Å². The van der Waals surface area contributed by atoms with Crippen molar-refractivity contribution in [2.45, 2.75) is 25.8 Å². The van der Waals surface area contributed by atoms with Crippen molar-refractivity contribution >= 4 is 34.8 Å². The molecule has 2 nitrogen and oxygen atoms in total. The molecular weight excluding hydrogens is 293 g/mol. The lowest BCUT2D eigenvalue weighted by Gasteiger charge is -2.14. The van der Waals surface area contributed by atoms with Crippen molar-refractivity contribution in [3.8, 4) is 5.75 Å². The zero-order valence-corrected chi connectivity index (χ0v) is 12.4. The molecule has 1 aliphatic rings. The topological polar surface area (TPSA) is 21.3 Å². The highest BCUT2D eigenvalue weighted by molar-refractivity contribution is 6.40. The van der Waals surface area contributed by atoms with Gasteiger partial charge in [-0.3, -0.25) is 0 Å². The third-order valence-electron chi connectivity index (χ3n) is 3.11. The van der Waals surface area contributed by atoms with Crippen molar-refractivity contribution < 1.29 is 4.74 Å². The fourth-order valence-electron chi connectivity index (χ4n) is 1.87. The number of benzene rings is 1. The van der Waals surface area contributed by atoms with Crippen molar-refractivity contribution in [2.24, 2.45) is 5.92 Å². The van der Waals surface area contributed by atoms with Crippen LogP contribution < -0.4 is 10.1 Å². The Morgan fingerprint density at radius 2 is 1.89 bits per heavy atom. The summed E-state index contributed by atoms with van der Waals surface area (Å²) >= 11 is 17.9. The highest BCUT2D eigenvalue weighted by Crippen LogP contribution is 2.35. The molecule has 0 spiro atoms. The van der Waals surface area contributed by atoms with Crippen LogP contribution >= 0.6 is 34.8 Å². The molecule has 1 aromatic carbocycles.